The minimum atomic E-state index is -1.12. The largest absolute Gasteiger partial charge is 0.481 e. The third-order valence-electron chi connectivity index (χ3n) is 2.92. The maximum atomic E-state index is 12.3. The van der Waals surface area contributed by atoms with E-state index in [9.17, 15) is 14.4 Å². The topological polar surface area (TPSA) is 93.1 Å². The summed E-state index contributed by atoms with van der Waals surface area (Å²) in [6.45, 7) is 5.18. The molecule has 7 heteroatoms. The van der Waals surface area contributed by atoms with Crippen molar-refractivity contribution in [3.63, 3.8) is 0 Å². The summed E-state index contributed by atoms with van der Waals surface area (Å²) in [6.07, 6.45) is -0.0255. The third kappa shape index (κ3) is 7.23. The minimum Gasteiger partial charge on any atom is -0.481 e. The lowest BCUT2D eigenvalue weighted by atomic mass is 10.1. The van der Waals surface area contributed by atoms with Crippen molar-refractivity contribution >= 4 is 18.3 Å². The fourth-order valence-electron chi connectivity index (χ4n) is 1.91. The van der Waals surface area contributed by atoms with Gasteiger partial charge in [0.05, 0.1) is 5.60 Å². The lowest BCUT2D eigenvalue weighted by Crippen LogP contribution is -2.45. The van der Waals surface area contributed by atoms with E-state index < -0.39 is 23.6 Å². The van der Waals surface area contributed by atoms with Crippen LogP contribution in [0.4, 0.5) is 0 Å². The average Bonchev–Trinajstić information content (AvgIpc) is 2.51. The first-order valence-electron chi connectivity index (χ1n) is 7.58. The highest BCUT2D eigenvalue weighted by Gasteiger charge is 2.31. The van der Waals surface area contributed by atoms with Crippen LogP contribution in [-0.4, -0.2) is 40.2 Å². The Labute approximate surface area is 141 Å². The molecule has 0 aliphatic rings. The van der Waals surface area contributed by atoms with Gasteiger partial charge in [0.25, 0.3) is 0 Å². The highest BCUT2D eigenvalue weighted by Crippen LogP contribution is 2.16. The maximum Gasteiger partial charge on any atom is 0.331 e. The number of nitrogens with zero attached hydrogens (tertiary/aromatic N) is 1. The van der Waals surface area contributed by atoms with Crippen LogP contribution < -0.4 is 0 Å². The van der Waals surface area contributed by atoms with Gasteiger partial charge >= 0.3 is 11.9 Å². The van der Waals surface area contributed by atoms with Crippen LogP contribution in [0.2, 0.25) is 0 Å². The van der Waals surface area contributed by atoms with E-state index in [1.807, 2.05) is 18.2 Å². The molecule has 0 heterocycles. The summed E-state index contributed by atoms with van der Waals surface area (Å²) in [6, 6.07) is 7.93. The van der Waals surface area contributed by atoms with E-state index in [0.29, 0.717) is 6.41 Å². The number of amides is 1. The van der Waals surface area contributed by atoms with Gasteiger partial charge in [0, 0.05) is 6.42 Å². The van der Waals surface area contributed by atoms with Gasteiger partial charge in [-0.2, -0.15) is 0 Å². The second kappa shape index (κ2) is 9.02. The molecule has 0 fully saturated rings. The van der Waals surface area contributed by atoms with Crippen molar-refractivity contribution in [1.82, 2.24) is 5.06 Å². The van der Waals surface area contributed by atoms with E-state index in [-0.39, 0.29) is 19.4 Å². The SMILES string of the molecule is CC(C)(C)ON(C=O)[C@H](CCC(=O)O)C(=O)OCc1ccccc1. The summed E-state index contributed by atoms with van der Waals surface area (Å²) in [7, 11) is 0. The number of ether oxygens (including phenoxy) is 1. The van der Waals surface area contributed by atoms with Gasteiger partial charge < -0.3 is 9.84 Å². The van der Waals surface area contributed by atoms with E-state index in [2.05, 4.69) is 0 Å². The Hall–Kier alpha value is -2.41. The monoisotopic (exact) mass is 337 g/mol. The highest BCUT2D eigenvalue weighted by molar-refractivity contribution is 5.79. The van der Waals surface area contributed by atoms with Crippen molar-refractivity contribution in [2.75, 3.05) is 0 Å². The zero-order valence-corrected chi connectivity index (χ0v) is 14.1. The normalized spacial score (nSPS) is 12.3. The van der Waals surface area contributed by atoms with Crippen LogP contribution in [-0.2, 0) is 30.6 Å². The summed E-state index contributed by atoms with van der Waals surface area (Å²) in [5.41, 5.74) is 0.0690. The molecule has 1 atom stereocenters. The molecule has 1 aromatic rings. The van der Waals surface area contributed by atoms with Crippen LogP contribution >= 0.6 is 0 Å². The molecule has 1 rings (SSSR count). The van der Waals surface area contributed by atoms with Crippen LogP contribution in [0.5, 0.6) is 0 Å². The molecule has 0 aliphatic carbocycles. The average molecular weight is 337 g/mol. The number of hydroxylamine groups is 2. The van der Waals surface area contributed by atoms with Crippen molar-refractivity contribution in [3.05, 3.63) is 35.9 Å². The molecule has 0 aliphatic heterocycles. The summed E-state index contributed by atoms with van der Waals surface area (Å²) >= 11 is 0. The van der Waals surface area contributed by atoms with Crippen molar-refractivity contribution in [3.8, 4) is 0 Å². The molecular formula is C17H23NO6. The molecule has 1 N–H and O–H groups in total. The van der Waals surface area contributed by atoms with Crippen molar-refractivity contribution in [1.29, 1.82) is 0 Å². The van der Waals surface area contributed by atoms with E-state index in [4.69, 9.17) is 14.7 Å². The number of aliphatic carboxylic acids is 1. The molecule has 0 saturated heterocycles. The number of esters is 1. The first-order chi connectivity index (χ1) is 11.2. The lowest BCUT2D eigenvalue weighted by molar-refractivity contribution is -0.237. The van der Waals surface area contributed by atoms with Gasteiger partial charge in [-0.25, -0.2) is 9.86 Å². The molecular weight excluding hydrogens is 314 g/mol. The van der Waals surface area contributed by atoms with Crippen LogP contribution in [0, 0.1) is 0 Å². The fourth-order valence-corrected chi connectivity index (χ4v) is 1.91. The molecule has 24 heavy (non-hydrogen) atoms. The number of hydrogen-bond donors (Lipinski definition) is 1. The summed E-state index contributed by atoms with van der Waals surface area (Å²) in [5, 5.41) is 9.67. The van der Waals surface area contributed by atoms with Gasteiger partial charge in [-0.05, 0) is 32.8 Å². The van der Waals surface area contributed by atoms with Crippen molar-refractivity contribution < 1.29 is 29.1 Å². The van der Waals surface area contributed by atoms with Crippen molar-refractivity contribution in [2.45, 2.75) is 51.9 Å². The predicted octanol–water partition coefficient (Wildman–Crippen LogP) is 2.15. The van der Waals surface area contributed by atoms with Gasteiger partial charge in [-0.3, -0.25) is 14.4 Å². The predicted molar refractivity (Wildman–Crippen MR) is 85.6 cm³/mol. The molecule has 0 spiro atoms. The fraction of sp³-hybridized carbons (Fsp3) is 0.471. The van der Waals surface area contributed by atoms with Gasteiger partial charge in [0.15, 0.2) is 6.04 Å². The maximum absolute atomic E-state index is 12.3. The number of carbonyl (C=O) groups is 3. The van der Waals surface area contributed by atoms with Gasteiger partial charge in [-0.1, -0.05) is 30.3 Å². The Morgan fingerprint density at radius 1 is 1.25 bits per heavy atom. The number of hydrogen-bond acceptors (Lipinski definition) is 5. The first-order valence-corrected chi connectivity index (χ1v) is 7.58. The van der Waals surface area contributed by atoms with Crippen LogP contribution in [0.15, 0.2) is 30.3 Å². The molecule has 0 bridgehead atoms. The molecule has 7 nitrogen and oxygen atoms in total. The zero-order valence-electron chi connectivity index (χ0n) is 14.1. The number of rotatable bonds is 9. The standard InChI is InChI=1S/C17H23NO6/c1-17(2,3)24-18(12-19)14(9-10-15(20)21)16(22)23-11-13-7-5-4-6-8-13/h4-8,12,14H,9-11H2,1-3H3,(H,20,21)/t14-/m1/s1. The molecule has 1 aromatic carbocycles. The van der Waals surface area contributed by atoms with E-state index in [1.54, 1.807) is 32.9 Å². The van der Waals surface area contributed by atoms with Crippen LogP contribution in [0.3, 0.4) is 0 Å². The lowest BCUT2D eigenvalue weighted by Gasteiger charge is -2.31. The van der Waals surface area contributed by atoms with E-state index >= 15 is 0 Å². The Morgan fingerprint density at radius 3 is 2.38 bits per heavy atom. The quantitative estimate of drug-likeness (QED) is 0.422. The summed E-state index contributed by atoms with van der Waals surface area (Å²) in [4.78, 5) is 39.8. The minimum absolute atomic E-state index is 0.0332. The highest BCUT2D eigenvalue weighted by atomic mass is 16.7. The van der Waals surface area contributed by atoms with E-state index in [1.165, 1.54) is 0 Å². The zero-order chi connectivity index (χ0) is 18.2. The van der Waals surface area contributed by atoms with Gasteiger partial charge in [-0.15, -0.1) is 0 Å². The second-order valence-corrected chi connectivity index (χ2v) is 6.21. The Morgan fingerprint density at radius 2 is 1.88 bits per heavy atom. The molecule has 132 valence electrons. The van der Waals surface area contributed by atoms with E-state index in [0.717, 1.165) is 10.6 Å². The smallest absolute Gasteiger partial charge is 0.331 e. The Bertz CT molecular complexity index is 552. The Balaban J connectivity index is 2.80. The molecule has 0 radical (unpaired) electrons. The van der Waals surface area contributed by atoms with Crippen LogP contribution in [0.1, 0.15) is 39.2 Å². The number of carboxylic acids is 1. The van der Waals surface area contributed by atoms with Crippen LogP contribution in [0.25, 0.3) is 0 Å². The molecule has 0 saturated carbocycles. The molecule has 0 unspecified atom stereocenters. The van der Waals surface area contributed by atoms with Gasteiger partial charge in [0.2, 0.25) is 6.41 Å². The third-order valence-corrected chi connectivity index (χ3v) is 2.92. The summed E-state index contributed by atoms with van der Waals surface area (Å²) < 4.78 is 5.21. The van der Waals surface area contributed by atoms with Crippen molar-refractivity contribution in [2.24, 2.45) is 0 Å². The van der Waals surface area contributed by atoms with Gasteiger partial charge in [0.1, 0.15) is 6.61 Å². The number of carbonyl (C=O) groups excluding carboxylic acids is 2. The Kier molecular flexibility index (Phi) is 7.38. The molecule has 0 aromatic heterocycles. The summed E-state index contributed by atoms with van der Waals surface area (Å²) in [5.74, 6) is -1.78. The molecule has 1 amide bonds. The number of carboxylic acid groups (broad SMARTS) is 1. The number of benzene rings is 1. The second-order valence-electron chi connectivity index (χ2n) is 6.21. The first kappa shape index (κ1) is 19.6.